The van der Waals surface area contributed by atoms with E-state index in [1.165, 1.54) is 0 Å². The van der Waals surface area contributed by atoms with Gasteiger partial charge >= 0.3 is 0 Å². The van der Waals surface area contributed by atoms with Gasteiger partial charge in [0.05, 0.1) is 0 Å². The predicted octanol–water partition coefficient (Wildman–Crippen LogP) is 1.76. The van der Waals surface area contributed by atoms with E-state index in [-0.39, 0.29) is 5.91 Å². The van der Waals surface area contributed by atoms with Crippen LogP contribution in [0.4, 0.5) is 0 Å². The lowest BCUT2D eigenvalue weighted by molar-refractivity contribution is 0.0953. The molecule has 1 aromatic rings. The van der Waals surface area contributed by atoms with E-state index in [0.29, 0.717) is 36.8 Å². The molecule has 0 saturated carbocycles. The summed E-state index contributed by atoms with van der Waals surface area (Å²) in [6.45, 7) is 5.27. The first-order valence-electron chi connectivity index (χ1n) is 5.60. The molecule has 1 heterocycles. The van der Waals surface area contributed by atoms with Crippen molar-refractivity contribution in [2.24, 2.45) is 0 Å². The summed E-state index contributed by atoms with van der Waals surface area (Å²) in [6.07, 6.45) is 2.53. The van der Waals surface area contributed by atoms with Gasteiger partial charge in [-0.15, -0.1) is 6.58 Å². The standard InChI is InChI=1S/C13H15NO3/c1-2-3-6-14-13(15)10-4-5-11-12(9-10)17-8-7-16-11/h2,4-5,9H,1,3,6-8H2,(H,14,15). The van der Waals surface area contributed by atoms with Crippen LogP contribution in [0.25, 0.3) is 0 Å². The first kappa shape index (κ1) is 11.5. The van der Waals surface area contributed by atoms with E-state index < -0.39 is 0 Å². The van der Waals surface area contributed by atoms with E-state index in [0.717, 1.165) is 6.42 Å². The number of hydrogen-bond donors (Lipinski definition) is 1. The van der Waals surface area contributed by atoms with E-state index >= 15 is 0 Å². The molecular weight excluding hydrogens is 218 g/mol. The zero-order chi connectivity index (χ0) is 12.1. The van der Waals surface area contributed by atoms with E-state index in [9.17, 15) is 4.79 Å². The van der Waals surface area contributed by atoms with Crippen molar-refractivity contribution in [2.75, 3.05) is 19.8 Å². The van der Waals surface area contributed by atoms with Crippen molar-refractivity contribution < 1.29 is 14.3 Å². The minimum atomic E-state index is -0.108. The van der Waals surface area contributed by atoms with Crippen molar-refractivity contribution in [3.63, 3.8) is 0 Å². The first-order chi connectivity index (χ1) is 8.31. The topological polar surface area (TPSA) is 47.6 Å². The van der Waals surface area contributed by atoms with Gasteiger partial charge in [-0.05, 0) is 24.6 Å². The molecule has 0 atom stereocenters. The second kappa shape index (κ2) is 5.39. The van der Waals surface area contributed by atoms with Crippen LogP contribution in [-0.4, -0.2) is 25.7 Å². The van der Waals surface area contributed by atoms with Crippen molar-refractivity contribution in [1.82, 2.24) is 5.32 Å². The van der Waals surface area contributed by atoms with Crippen LogP contribution >= 0.6 is 0 Å². The molecule has 0 aliphatic carbocycles. The van der Waals surface area contributed by atoms with Gasteiger partial charge < -0.3 is 14.8 Å². The van der Waals surface area contributed by atoms with Gasteiger partial charge in [-0.1, -0.05) is 6.08 Å². The van der Waals surface area contributed by atoms with Crippen LogP contribution in [0, 0.1) is 0 Å². The molecule has 0 spiro atoms. The van der Waals surface area contributed by atoms with E-state index in [4.69, 9.17) is 9.47 Å². The number of benzene rings is 1. The Morgan fingerprint density at radius 2 is 2.12 bits per heavy atom. The maximum atomic E-state index is 11.8. The number of ether oxygens (including phenoxy) is 2. The minimum Gasteiger partial charge on any atom is -0.486 e. The molecule has 0 bridgehead atoms. The highest BCUT2D eigenvalue weighted by atomic mass is 16.6. The summed E-state index contributed by atoms with van der Waals surface area (Å²) in [5, 5.41) is 2.80. The second-order valence-electron chi connectivity index (χ2n) is 3.69. The quantitative estimate of drug-likeness (QED) is 0.636. The molecule has 0 radical (unpaired) electrons. The first-order valence-corrected chi connectivity index (χ1v) is 5.60. The molecule has 4 nitrogen and oxygen atoms in total. The Morgan fingerprint density at radius 1 is 1.35 bits per heavy atom. The number of rotatable bonds is 4. The largest absolute Gasteiger partial charge is 0.486 e. The normalized spacial score (nSPS) is 12.9. The molecule has 17 heavy (non-hydrogen) atoms. The number of carbonyl (C=O) groups is 1. The lowest BCUT2D eigenvalue weighted by atomic mass is 10.2. The maximum Gasteiger partial charge on any atom is 0.251 e. The lowest BCUT2D eigenvalue weighted by Crippen LogP contribution is -2.24. The van der Waals surface area contributed by atoms with Crippen LogP contribution in [0.15, 0.2) is 30.9 Å². The van der Waals surface area contributed by atoms with Crippen LogP contribution in [0.1, 0.15) is 16.8 Å². The molecule has 0 fully saturated rings. The Labute approximate surface area is 100 Å². The zero-order valence-corrected chi connectivity index (χ0v) is 9.57. The van der Waals surface area contributed by atoms with E-state index in [1.807, 2.05) is 0 Å². The minimum absolute atomic E-state index is 0.108. The molecule has 1 aliphatic heterocycles. The highest BCUT2D eigenvalue weighted by molar-refractivity contribution is 5.94. The molecular formula is C13H15NO3. The summed E-state index contributed by atoms with van der Waals surface area (Å²) in [6, 6.07) is 5.20. The summed E-state index contributed by atoms with van der Waals surface area (Å²) >= 11 is 0. The van der Waals surface area contributed by atoms with Crippen molar-refractivity contribution in [2.45, 2.75) is 6.42 Å². The van der Waals surface area contributed by atoms with E-state index in [1.54, 1.807) is 24.3 Å². The van der Waals surface area contributed by atoms with Gasteiger partial charge in [0.25, 0.3) is 5.91 Å². The number of hydrogen-bond acceptors (Lipinski definition) is 3. The number of carbonyl (C=O) groups excluding carboxylic acids is 1. The molecule has 1 aromatic carbocycles. The average molecular weight is 233 g/mol. The molecule has 0 aromatic heterocycles. The average Bonchev–Trinajstić information content (AvgIpc) is 2.38. The zero-order valence-electron chi connectivity index (χ0n) is 9.57. The number of amides is 1. The number of nitrogens with one attached hydrogen (secondary N) is 1. The van der Waals surface area contributed by atoms with Gasteiger partial charge in [-0.3, -0.25) is 4.79 Å². The fourth-order valence-electron chi connectivity index (χ4n) is 1.57. The third-order valence-electron chi connectivity index (χ3n) is 2.44. The highest BCUT2D eigenvalue weighted by Crippen LogP contribution is 2.30. The highest BCUT2D eigenvalue weighted by Gasteiger charge is 2.14. The molecule has 0 unspecified atom stereocenters. The summed E-state index contributed by atoms with van der Waals surface area (Å²) in [4.78, 5) is 11.8. The van der Waals surface area contributed by atoms with Crippen LogP contribution in [0.5, 0.6) is 11.5 Å². The lowest BCUT2D eigenvalue weighted by Gasteiger charge is -2.18. The Balaban J connectivity index is 2.05. The second-order valence-corrected chi connectivity index (χ2v) is 3.69. The van der Waals surface area contributed by atoms with Gasteiger partial charge in [0.15, 0.2) is 11.5 Å². The molecule has 1 N–H and O–H groups in total. The van der Waals surface area contributed by atoms with Crippen LogP contribution in [-0.2, 0) is 0 Å². The molecule has 2 rings (SSSR count). The molecule has 4 heteroatoms. The third-order valence-corrected chi connectivity index (χ3v) is 2.44. The molecule has 1 amide bonds. The van der Waals surface area contributed by atoms with Crippen molar-refractivity contribution in [3.05, 3.63) is 36.4 Å². The Hall–Kier alpha value is -1.97. The fraction of sp³-hybridized carbons (Fsp3) is 0.308. The van der Waals surface area contributed by atoms with Gasteiger partial charge in [-0.25, -0.2) is 0 Å². The summed E-state index contributed by atoms with van der Waals surface area (Å²) < 4.78 is 10.8. The van der Waals surface area contributed by atoms with Crippen molar-refractivity contribution in [3.8, 4) is 11.5 Å². The maximum absolute atomic E-state index is 11.8. The summed E-state index contributed by atoms with van der Waals surface area (Å²) in [7, 11) is 0. The van der Waals surface area contributed by atoms with Crippen molar-refractivity contribution >= 4 is 5.91 Å². The van der Waals surface area contributed by atoms with Crippen LogP contribution < -0.4 is 14.8 Å². The molecule has 90 valence electrons. The van der Waals surface area contributed by atoms with Crippen molar-refractivity contribution in [1.29, 1.82) is 0 Å². The molecule has 1 aliphatic rings. The Morgan fingerprint density at radius 3 is 2.88 bits per heavy atom. The molecule has 0 saturated heterocycles. The van der Waals surface area contributed by atoms with E-state index in [2.05, 4.69) is 11.9 Å². The fourth-order valence-corrected chi connectivity index (χ4v) is 1.57. The van der Waals surface area contributed by atoms with Gasteiger partial charge in [0.2, 0.25) is 0 Å². The number of fused-ring (bicyclic) bond motifs is 1. The summed E-state index contributed by atoms with van der Waals surface area (Å²) in [5.41, 5.74) is 0.582. The van der Waals surface area contributed by atoms with Crippen LogP contribution in [0.3, 0.4) is 0 Å². The van der Waals surface area contributed by atoms with Gasteiger partial charge in [0.1, 0.15) is 13.2 Å². The Bertz CT molecular complexity index is 429. The third kappa shape index (κ3) is 2.78. The smallest absolute Gasteiger partial charge is 0.251 e. The summed E-state index contributed by atoms with van der Waals surface area (Å²) in [5.74, 6) is 1.22. The predicted molar refractivity (Wildman–Crippen MR) is 64.6 cm³/mol. The van der Waals surface area contributed by atoms with Crippen LogP contribution in [0.2, 0.25) is 0 Å². The Kier molecular flexibility index (Phi) is 3.65. The SMILES string of the molecule is C=CCCNC(=O)c1ccc2c(c1)OCCO2. The van der Waals surface area contributed by atoms with Gasteiger partial charge in [0, 0.05) is 12.1 Å². The monoisotopic (exact) mass is 233 g/mol. The van der Waals surface area contributed by atoms with Gasteiger partial charge in [-0.2, -0.15) is 0 Å².